The van der Waals surface area contributed by atoms with Crippen LogP contribution in [0.1, 0.15) is 56.2 Å². The molecule has 29 heavy (non-hydrogen) atoms. The van der Waals surface area contributed by atoms with Crippen LogP contribution in [0.25, 0.3) is 0 Å². The molecule has 2 aromatic rings. The minimum absolute atomic E-state index is 0.125. The van der Waals surface area contributed by atoms with Crippen LogP contribution in [0.5, 0.6) is 0 Å². The smallest absolute Gasteiger partial charge is 0.350 e. The SMILES string of the molecule is CCOC(=O)c1sc(C(C)NC(=NC)NCc2cccc(C(=O)NC)c2)nc1C. The van der Waals surface area contributed by atoms with Gasteiger partial charge < -0.3 is 20.7 Å². The molecular weight excluding hydrogens is 390 g/mol. The number of hydrogen-bond donors (Lipinski definition) is 3. The number of esters is 1. The summed E-state index contributed by atoms with van der Waals surface area (Å²) in [7, 11) is 3.29. The maximum atomic E-state index is 12.0. The zero-order chi connectivity index (χ0) is 21.4. The molecule has 0 radical (unpaired) electrons. The molecule has 0 aliphatic heterocycles. The first-order valence-electron chi connectivity index (χ1n) is 9.32. The molecule has 156 valence electrons. The predicted molar refractivity (Wildman–Crippen MR) is 114 cm³/mol. The van der Waals surface area contributed by atoms with Crippen molar-refractivity contribution in [2.75, 3.05) is 20.7 Å². The Hall–Kier alpha value is -2.94. The normalized spacial score (nSPS) is 12.2. The van der Waals surface area contributed by atoms with Crippen LogP contribution < -0.4 is 16.0 Å². The van der Waals surface area contributed by atoms with E-state index in [2.05, 4.69) is 25.9 Å². The average Bonchev–Trinajstić information content (AvgIpc) is 3.12. The highest BCUT2D eigenvalue weighted by molar-refractivity contribution is 7.13. The van der Waals surface area contributed by atoms with E-state index in [4.69, 9.17) is 4.74 Å². The van der Waals surface area contributed by atoms with Gasteiger partial charge in [-0.3, -0.25) is 9.79 Å². The van der Waals surface area contributed by atoms with Crippen molar-refractivity contribution in [1.29, 1.82) is 0 Å². The van der Waals surface area contributed by atoms with Crippen molar-refractivity contribution < 1.29 is 14.3 Å². The number of ether oxygens (including phenoxy) is 1. The lowest BCUT2D eigenvalue weighted by Crippen LogP contribution is -2.38. The van der Waals surface area contributed by atoms with Crippen LogP contribution in [-0.2, 0) is 11.3 Å². The molecule has 9 heteroatoms. The molecule has 0 saturated heterocycles. The van der Waals surface area contributed by atoms with E-state index in [9.17, 15) is 9.59 Å². The maximum absolute atomic E-state index is 12.0. The molecule has 0 fully saturated rings. The van der Waals surface area contributed by atoms with E-state index in [0.717, 1.165) is 10.6 Å². The molecule has 1 unspecified atom stereocenters. The number of guanidine groups is 1. The van der Waals surface area contributed by atoms with E-state index in [1.807, 2.05) is 25.1 Å². The summed E-state index contributed by atoms with van der Waals surface area (Å²) in [5.41, 5.74) is 2.22. The van der Waals surface area contributed by atoms with Gasteiger partial charge >= 0.3 is 5.97 Å². The standard InChI is InChI=1S/C20H27N5O3S/c1-6-28-19(27)16-12(2)24-18(29-16)13(3)25-20(22-5)23-11-14-8-7-9-15(10-14)17(26)21-4/h7-10,13H,6,11H2,1-5H3,(H,21,26)(H2,22,23,25). The highest BCUT2D eigenvalue weighted by atomic mass is 32.1. The lowest BCUT2D eigenvalue weighted by Gasteiger charge is -2.16. The molecule has 0 bridgehead atoms. The quantitative estimate of drug-likeness (QED) is 0.363. The second-order valence-electron chi connectivity index (χ2n) is 6.26. The molecule has 1 aromatic carbocycles. The first kappa shape index (κ1) is 22.4. The van der Waals surface area contributed by atoms with Gasteiger partial charge in [0.1, 0.15) is 9.88 Å². The van der Waals surface area contributed by atoms with Gasteiger partial charge in [0.25, 0.3) is 5.91 Å². The van der Waals surface area contributed by atoms with Crippen LogP contribution >= 0.6 is 11.3 Å². The van der Waals surface area contributed by atoms with Gasteiger partial charge in [-0.05, 0) is 38.5 Å². The van der Waals surface area contributed by atoms with E-state index < -0.39 is 0 Å². The third-order valence-corrected chi connectivity index (χ3v) is 5.42. The first-order chi connectivity index (χ1) is 13.9. The summed E-state index contributed by atoms with van der Waals surface area (Å²) in [4.78, 5) is 33.0. The fourth-order valence-electron chi connectivity index (χ4n) is 2.60. The summed E-state index contributed by atoms with van der Waals surface area (Å²) in [5.74, 6) is 0.118. The second-order valence-corrected chi connectivity index (χ2v) is 7.29. The van der Waals surface area contributed by atoms with E-state index in [-0.39, 0.29) is 17.9 Å². The fraction of sp³-hybridized carbons (Fsp3) is 0.400. The van der Waals surface area contributed by atoms with Gasteiger partial charge in [-0.15, -0.1) is 11.3 Å². The van der Waals surface area contributed by atoms with Crippen LogP contribution in [0.4, 0.5) is 0 Å². The third kappa shape index (κ3) is 6.02. The molecule has 8 nitrogen and oxygen atoms in total. The molecule has 1 amide bonds. The Kier molecular flexibility index (Phi) is 8.14. The Morgan fingerprint density at radius 2 is 2.10 bits per heavy atom. The highest BCUT2D eigenvalue weighted by Crippen LogP contribution is 2.24. The minimum Gasteiger partial charge on any atom is -0.462 e. The van der Waals surface area contributed by atoms with Crippen molar-refractivity contribution in [2.45, 2.75) is 33.4 Å². The summed E-state index contributed by atoms with van der Waals surface area (Å²) in [6.45, 7) is 6.36. The number of aryl methyl sites for hydroxylation is 1. The first-order valence-corrected chi connectivity index (χ1v) is 10.1. The third-order valence-electron chi connectivity index (χ3n) is 4.10. The van der Waals surface area contributed by atoms with Gasteiger partial charge in [0.2, 0.25) is 0 Å². The summed E-state index contributed by atoms with van der Waals surface area (Å²) in [6, 6.07) is 7.23. The molecule has 0 aliphatic carbocycles. The van der Waals surface area contributed by atoms with Crippen molar-refractivity contribution in [3.8, 4) is 0 Å². The molecule has 0 spiro atoms. The lowest BCUT2D eigenvalue weighted by atomic mass is 10.1. The van der Waals surface area contributed by atoms with Crippen molar-refractivity contribution in [1.82, 2.24) is 20.9 Å². The molecule has 2 rings (SSSR count). The number of carbonyl (C=O) groups is 2. The van der Waals surface area contributed by atoms with Crippen molar-refractivity contribution >= 4 is 29.2 Å². The van der Waals surface area contributed by atoms with Crippen molar-refractivity contribution in [3.63, 3.8) is 0 Å². The molecule has 1 atom stereocenters. The van der Waals surface area contributed by atoms with Gasteiger partial charge in [0.15, 0.2) is 5.96 Å². The minimum atomic E-state index is -0.348. The van der Waals surface area contributed by atoms with Gasteiger partial charge in [-0.2, -0.15) is 0 Å². The fourth-order valence-corrected chi connectivity index (χ4v) is 3.57. The molecular formula is C20H27N5O3S. The number of benzene rings is 1. The number of rotatable bonds is 7. The topological polar surface area (TPSA) is 105 Å². The van der Waals surface area contributed by atoms with Gasteiger partial charge in [0.05, 0.1) is 18.3 Å². The summed E-state index contributed by atoms with van der Waals surface area (Å²) in [5, 5.41) is 9.89. The molecule has 0 saturated carbocycles. The number of hydrogen-bond acceptors (Lipinski definition) is 6. The number of aliphatic imine (C=N–C) groups is 1. The number of nitrogens with one attached hydrogen (secondary N) is 3. The Morgan fingerprint density at radius 3 is 2.76 bits per heavy atom. The van der Waals surface area contributed by atoms with Crippen LogP contribution in [0.3, 0.4) is 0 Å². The molecule has 1 aromatic heterocycles. The molecule has 3 N–H and O–H groups in total. The average molecular weight is 418 g/mol. The lowest BCUT2D eigenvalue weighted by molar-refractivity contribution is 0.0531. The number of thiazole rings is 1. The number of amides is 1. The van der Waals surface area contributed by atoms with E-state index in [1.54, 1.807) is 34.0 Å². The van der Waals surface area contributed by atoms with E-state index >= 15 is 0 Å². The maximum Gasteiger partial charge on any atom is 0.350 e. The molecule has 1 heterocycles. The van der Waals surface area contributed by atoms with Gasteiger partial charge in [-0.25, -0.2) is 9.78 Å². The monoisotopic (exact) mass is 417 g/mol. The van der Waals surface area contributed by atoms with Crippen LogP contribution in [-0.4, -0.2) is 43.5 Å². The second kappa shape index (κ2) is 10.6. The Bertz CT molecular complexity index is 894. The zero-order valence-electron chi connectivity index (χ0n) is 17.3. The highest BCUT2D eigenvalue weighted by Gasteiger charge is 2.20. The number of aromatic nitrogens is 1. The van der Waals surface area contributed by atoms with Gasteiger partial charge in [0, 0.05) is 26.2 Å². The number of nitrogens with zero attached hydrogens (tertiary/aromatic N) is 2. The van der Waals surface area contributed by atoms with Crippen LogP contribution in [0.2, 0.25) is 0 Å². The largest absolute Gasteiger partial charge is 0.462 e. The summed E-state index contributed by atoms with van der Waals surface area (Å²) >= 11 is 1.31. The Morgan fingerprint density at radius 1 is 1.34 bits per heavy atom. The predicted octanol–water partition coefficient (Wildman–Crippen LogP) is 2.41. The van der Waals surface area contributed by atoms with E-state index in [1.165, 1.54) is 11.3 Å². The van der Waals surface area contributed by atoms with Crippen molar-refractivity contribution in [3.05, 3.63) is 51.0 Å². The summed E-state index contributed by atoms with van der Waals surface area (Å²) < 4.78 is 5.07. The van der Waals surface area contributed by atoms with E-state index in [0.29, 0.717) is 35.2 Å². The van der Waals surface area contributed by atoms with Crippen LogP contribution in [0.15, 0.2) is 29.3 Å². The van der Waals surface area contributed by atoms with Crippen molar-refractivity contribution in [2.24, 2.45) is 4.99 Å². The Balaban J connectivity index is 2.01. The summed E-state index contributed by atoms with van der Waals surface area (Å²) in [6.07, 6.45) is 0. The zero-order valence-corrected chi connectivity index (χ0v) is 18.1. The molecule has 0 aliphatic rings. The van der Waals surface area contributed by atoms with Gasteiger partial charge in [-0.1, -0.05) is 12.1 Å². The number of carbonyl (C=O) groups excluding carboxylic acids is 2. The van der Waals surface area contributed by atoms with Crippen LogP contribution in [0, 0.1) is 6.92 Å². The Labute approximate surface area is 174 Å².